The summed E-state index contributed by atoms with van der Waals surface area (Å²) in [6.45, 7) is 4.21. The molecule has 1 atom stereocenters. The monoisotopic (exact) mass is 422 g/mol. The standard InChI is InChI=1S/C19H20BrClN2O2/c1-3-12(2)18(24)23-15-6-4-5-13(9-15)11-22-19(25)16-8-7-14(20)10-17(16)21/h4-10,12H,3,11H2,1-2H3,(H,22,25)(H,23,24). The summed E-state index contributed by atoms with van der Waals surface area (Å²) in [6.07, 6.45) is 0.787. The number of carbonyl (C=O) groups is 2. The quantitative estimate of drug-likeness (QED) is 0.685. The van der Waals surface area contributed by atoms with Crippen molar-refractivity contribution in [1.29, 1.82) is 0 Å². The van der Waals surface area contributed by atoms with Gasteiger partial charge in [0.2, 0.25) is 5.91 Å². The predicted molar refractivity (Wildman–Crippen MR) is 105 cm³/mol. The van der Waals surface area contributed by atoms with Gasteiger partial charge >= 0.3 is 0 Å². The third-order valence-electron chi connectivity index (χ3n) is 3.88. The zero-order chi connectivity index (χ0) is 18.4. The van der Waals surface area contributed by atoms with Crippen LogP contribution >= 0.6 is 27.5 Å². The molecule has 0 bridgehead atoms. The zero-order valence-electron chi connectivity index (χ0n) is 14.1. The van der Waals surface area contributed by atoms with E-state index in [4.69, 9.17) is 11.6 Å². The molecule has 0 saturated carbocycles. The van der Waals surface area contributed by atoms with Crippen molar-refractivity contribution in [2.75, 3.05) is 5.32 Å². The van der Waals surface area contributed by atoms with E-state index in [1.165, 1.54) is 0 Å². The summed E-state index contributed by atoms with van der Waals surface area (Å²) in [5, 5.41) is 6.12. The van der Waals surface area contributed by atoms with Gasteiger partial charge in [0.1, 0.15) is 0 Å². The van der Waals surface area contributed by atoms with Gasteiger partial charge in [-0.2, -0.15) is 0 Å². The molecular formula is C19H20BrClN2O2. The Bertz CT molecular complexity index is 780. The van der Waals surface area contributed by atoms with Gasteiger partial charge in [0.25, 0.3) is 5.91 Å². The van der Waals surface area contributed by atoms with Gasteiger partial charge < -0.3 is 10.6 Å². The van der Waals surface area contributed by atoms with Crippen LogP contribution in [0.25, 0.3) is 0 Å². The second kappa shape index (κ2) is 9.02. The minimum Gasteiger partial charge on any atom is -0.348 e. The number of carbonyl (C=O) groups excluding carboxylic acids is 2. The molecule has 2 amide bonds. The van der Waals surface area contributed by atoms with Gasteiger partial charge in [-0.25, -0.2) is 0 Å². The summed E-state index contributed by atoms with van der Waals surface area (Å²) < 4.78 is 0.818. The zero-order valence-corrected chi connectivity index (χ0v) is 16.4. The number of rotatable bonds is 6. The fourth-order valence-electron chi connectivity index (χ4n) is 2.16. The molecule has 0 aliphatic carbocycles. The van der Waals surface area contributed by atoms with Crippen LogP contribution in [0.4, 0.5) is 5.69 Å². The van der Waals surface area contributed by atoms with Crippen LogP contribution in [0.1, 0.15) is 36.2 Å². The Labute approximate surface area is 161 Å². The van der Waals surface area contributed by atoms with E-state index in [9.17, 15) is 9.59 Å². The molecule has 6 heteroatoms. The SMILES string of the molecule is CCC(C)C(=O)Nc1cccc(CNC(=O)c2ccc(Br)cc2Cl)c1. The Kier molecular flexibility index (Phi) is 7.02. The maximum atomic E-state index is 12.3. The van der Waals surface area contributed by atoms with Gasteiger partial charge in [-0.05, 0) is 42.3 Å². The first kappa shape index (κ1) is 19.5. The third-order valence-corrected chi connectivity index (χ3v) is 4.69. The summed E-state index contributed by atoms with van der Waals surface area (Å²) in [5.74, 6) is -0.292. The lowest BCUT2D eigenvalue weighted by Gasteiger charge is -2.12. The minimum absolute atomic E-state index is 0.00895. The van der Waals surface area contributed by atoms with Crippen LogP contribution in [0.3, 0.4) is 0 Å². The highest BCUT2D eigenvalue weighted by molar-refractivity contribution is 9.10. The maximum Gasteiger partial charge on any atom is 0.253 e. The highest BCUT2D eigenvalue weighted by Crippen LogP contribution is 2.21. The highest BCUT2D eigenvalue weighted by Gasteiger charge is 2.12. The van der Waals surface area contributed by atoms with Crippen LogP contribution in [0, 0.1) is 5.92 Å². The molecule has 0 radical (unpaired) electrons. The molecule has 0 aliphatic heterocycles. The Morgan fingerprint density at radius 1 is 1.20 bits per heavy atom. The fraction of sp³-hybridized carbons (Fsp3) is 0.263. The fourth-order valence-corrected chi connectivity index (χ4v) is 2.92. The van der Waals surface area contributed by atoms with Crippen molar-refractivity contribution in [3.63, 3.8) is 0 Å². The summed E-state index contributed by atoms with van der Waals surface area (Å²) in [6, 6.07) is 12.5. The first-order valence-electron chi connectivity index (χ1n) is 8.03. The van der Waals surface area contributed by atoms with E-state index in [-0.39, 0.29) is 17.7 Å². The Morgan fingerprint density at radius 3 is 2.64 bits per heavy atom. The average Bonchev–Trinajstić information content (AvgIpc) is 2.59. The number of benzene rings is 2. The molecule has 2 aromatic carbocycles. The Balaban J connectivity index is 2.00. The van der Waals surface area contributed by atoms with Gasteiger partial charge in [0, 0.05) is 22.6 Å². The molecule has 0 fully saturated rings. The first-order valence-corrected chi connectivity index (χ1v) is 9.21. The number of hydrogen-bond donors (Lipinski definition) is 2. The molecule has 1 unspecified atom stereocenters. The second-order valence-corrected chi connectivity index (χ2v) is 7.13. The van der Waals surface area contributed by atoms with Gasteiger partial charge in [-0.15, -0.1) is 0 Å². The topological polar surface area (TPSA) is 58.2 Å². The number of hydrogen-bond acceptors (Lipinski definition) is 2. The van der Waals surface area contributed by atoms with Crippen LogP contribution in [0.5, 0.6) is 0 Å². The lowest BCUT2D eigenvalue weighted by Crippen LogP contribution is -2.23. The number of amides is 2. The second-order valence-electron chi connectivity index (χ2n) is 5.81. The Morgan fingerprint density at radius 2 is 1.96 bits per heavy atom. The van der Waals surface area contributed by atoms with Crippen LogP contribution in [0.2, 0.25) is 5.02 Å². The van der Waals surface area contributed by atoms with Gasteiger partial charge in [-0.3, -0.25) is 9.59 Å². The van der Waals surface area contributed by atoms with Gasteiger partial charge in [0.05, 0.1) is 10.6 Å². The predicted octanol–water partition coefficient (Wildman–Crippen LogP) is 5.02. The third kappa shape index (κ3) is 5.58. The lowest BCUT2D eigenvalue weighted by atomic mass is 10.1. The van der Waals surface area contributed by atoms with Crippen LogP contribution < -0.4 is 10.6 Å². The largest absolute Gasteiger partial charge is 0.348 e. The van der Waals surface area contributed by atoms with Crippen LogP contribution in [-0.4, -0.2) is 11.8 Å². The van der Waals surface area contributed by atoms with Crippen molar-refractivity contribution >= 4 is 45.0 Å². The molecular weight excluding hydrogens is 404 g/mol. The van der Waals surface area contributed by atoms with Gasteiger partial charge in [0.15, 0.2) is 0 Å². The number of anilines is 1. The van der Waals surface area contributed by atoms with Crippen molar-refractivity contribution in [2.24, 2.45) is 5.92 Å². The van der Waals surface area contributed by atoms with E-state index in [1.54, 1.807) is 18.2 Å². The van der Waals surface area contributed by atoms with Crippen molar-refractivity contribution < 1.29 is 9.59 Å². The summed E-state index contributed by atoms with van der Waals surface area (Å²) in [4.78, 5) is 24.2. The van der Waals surface area contributed by atoms with E-state index in [0.717, 1.165) is 22.1 Å². The van der Waals surface area contributed by atoms with E-state index < -0.39 is 0 Å². The summed E-state index contributed by atoms with van der Waals surface area (Å²) in [5.41, 5.74) is 2.04. The van der Waals surface area contributed by atoms with Crippen molar-refractivity contribution in [3.8, 4) is 0 Å². The molecule has 2 aromatic rings. The maximum absolute atomic E-state index is 12.3. The molecule has 0 aliphatic rings. The average molecular weight is 424 g/mol. The number of nitrogens with one attached hydrogen (secondary N) is 2. The molecule has 4 nitrogen and oxygen atoms in total. The highest BCUT2D eigenvalue weighted by atomic mass is 79.9. The van der Waals surface area contributed by atoms with E-state index in [2.05, 4.69) is 26.6 Å². The minimum atomic E-state index is -0.244. The Hall–Kier alpha value is -1.85. The van der Waals surface area contributed by atoms with E-state index in [0.29, 0.717) is 17.1 Å². The molecule has 0 heterocycles. The number of halogens is 2. The molecule has 0 aromatic heterocycles. The van der Waals surface area contributed by atoms with Crippen LogP contribution in [-0.2, 0) is 11.3 Å². The normalized spacial score (nSPS) is 11.7. The lowest BCUT2D eigenvalue weighted by molar-refractivity contribution is -0.119. The summed E-state index contributed by atoms with van der Waals surface area (Å²) >= 11 is 9.41. The molecule has 2 rings (SSSR count). The molecule has 25 heavy (non-hydrogen) atoms. The van der Waals surface area contributed by atoms with E-state index >= 15 is 0 Å². The van der Waals surface area contributed by atoms with Crippen molar-refractivity contribution in [3.05, 3.63) is 63.1 Å². The smallest absolute Gasteiger partial charge is 0.253 e. The van der Waals surface area contributed by atoms with Crippen LogP contribution in [0.15, 0.2) is 46.9 Å². The van der Waals surface area contributed by atoms with Gasteiger partial charge in [-0.1, -0.05) is 53.5 Å². The van der Waals surface area contributed by atoms with E-state index in [1.807, 2.05) is 38.1 Å². The molecule has 132 valence electrons. The first-order chi connectivity index (χ1) is 11.9. The molecule has 0 spiro atoms. The van der Waals surface area contributed by atoms with Crippen molar-refractivity contribution in [1.82, 2.24) is 5.32 Å². The summed E-state index contributed by atoms with van der Waals surface area (Å²) in [7, 11) is 0. The molecule has 2 N–H and O–H groups in total. The molecule has 0 saturated heterocycles. The van der Waals surface area contributed by atoms with Crippen molar-refractivity contribution in [2.45, 2.75) is 26.8 Å².